The van der Waals surface area contributed by atoms with Gasteiger partial charge in [-0.15, -0.1) is 0 Å². The van der Waals surface area contributed by atoms with Crippen LogP contribution in [0.3, 0.4) is 0 Å². The van der Waals surface area contributed by atoms with Crippen LogP contribution in [0.4, 0.5) is 14.7 Å². The molecule has 0 unspecified atom stereocenters. The minimum Gasteiger partial charge on any atom is -0.459 e. The molecule has 0 bridgehead atoms. The lowest BCUT2D eigenvalue weighted by Gasteiger charge is -2.32. The maximum atomic E-state index is 13.5. The number of imidazole rings is 1. The number of carbonyl (C=O) groups is 1. The van der Waals surface area contributed by atoms with E-state index in [9.17, 15) is 13.6 Å². The minimum absolute atomic E-state index is 0.0129. The Balaban J connectivity index is 1.65. The quantitative estimate of drug-likeness (QED) is 0.495. The molecule has 1 aliphatic carbocycles. The van der Waals surface area contributed by atoms with Crippen LogP contribution in [-0.4, -0.2) is 28.2 Å². The van der Waals surface area contributed by atoms with Crippen LogP contribution in [0.15, 0.2) is 59.8 Å². The summed E-state index contributed by atoms with van der Waals surface area (Å²) in [5.74, 6) is 0.0887. The molecule has 5 rings (SSSR count). The van der Waals surface area contributed by atoms with E-state index in [4.69, 9.17) is 9.47 Å². The van der Waals surface area contributed by atoms with E-state index in [0.717, 1.165) is 43.1 Å². The lowest BCUT2D eigenvalue weighted by atomic mass is 9.93. The minimum atomic E-state index is -2.99. The number of esters is 1. The summed E-state index contributed by atoms with van der Waals surface area (Å²) in [6.45, 7) is -1.21. The predicted molar refractivity (Wildman–Crippen MR) is 120 cm³/mol. The van der Waals surface area contributed by atoms with Gasteiger partial charge in [0.05, 0.1) is 22.6 Å². The Labute approximate surface area is 190 Å². The number of para-hydroxylation sites is 3. The first-order valence-corrected chi connectivity index (χ1v) is 11.2. The van der Waals surface area contributed by atoms with E-state index < -0.39 is 18.6 Å². The number of fused-ring (bicyclic) bond motifs is 3. The van der Waals surface area contributed by atoms with Crippen LogP contribution in [0.25, 0.3) is 11.0 Å². The van der Waals surface area contributed by atoms with Gasteiger partial charge in [-0.1, -0.05) is 36.8 Å². The van der Waals surface area contributed by atoms with Crippen LogP contribution in [0.1, 0.15) is 50.6 Å². The molecule has 0 saturated heterocycles. The lowest BCUT2D eigenvalue weighted by molar-refractivity contribution is -0.146. The van der Waals surface area contributed by atoms with Crippen LogP contribution in [0.5, 0.6) is 5.75 Å². The third-order valence-electron chi connectivity index (χ3n) is 6.31. The van der Waals surface area contributed by atoms with Crippen molar-refractivity contribution in [2.24, 2.45) is 0 Å². The number of nitrogens with zero attached hydrogens (tertiary/aromatic N) is 2. The molecule has 1 saturated carbocycles. The van der Waals surface area contributed by atoms with E-state index in [1.807, 2.05) is 28.8 Å². The Hall–Kier alpha value is -3.42. The van der Waals surface area contributed by atoms with Gasteiger partial charge in [0.25, 0.3) is 0 Å². The molecule has 0 spiro atoms. The van der Waals surface area contributed by atoms with Gasteiger partial charge < -0.3 is 14.8 Å². The maximum Gasteiger partial charge on any atom is 0.387 e. The molecule has 1 fully saturated rings. The molecule has 8 heteroatoms. The molecule has 0 radical (unpaired) electrons. The summed E-state index contributed by atoms with van der Waals surface area (Å²) in [4.78, 5) is 18.2. The second-order valence-corrected chi connectivity index (χ2v) is 8.44. The topological polar surface area (TPSA) is 65.4 Å². The highest BCUT2D eigenvalue weighted by atomic mass is 19.3. The molecule has 6 nitrogen and oxygen atoms in total. The molecule has 1 aromatic heterocycles. The summed E-state index contributed by atoms with van der Waals surface area (Å²) in [5.41, 5.74) is 2.88. The molecule has 0 amide bonds. The van der Waals surface area contributed by atoms with Crippen molar-refractivity contribution in [2.75, 3.05) is 5.32 Å². The average molecular weight is 453 g/mol. The van der Waals surface area contributed by atoms with Crippen molar-refractivity contribution in [3.63, 3.8) is 0 Å². The summed E-state index contributed by atoms with van der Waals surface area (Å²) in [5, 5.41) is 3.22. The van der Waals surface area contributed by atoms with Crippen LogP contribution in [0.2, 0.25) is 0 Å². The van der Waals surface area contributed by atoms with Gasteiger partial charge in [0, 0.05) is 11.3 Å². The molecule has 2 heterocycles. The number of benzene rings is 2. The smallest absolute Gasteiger partial charge is 0.387 e. The lowest BCUT2D eigenvalue weighted by Crippen LogP contribution is -2.31. The zero-order valence-electron chi connectivity index (χ0n) is 18.3. The van der Waals surface area contributed by atoms with Crippen molar-refractivity contribution in [3.05, 3.63) is 65.4 Å². The molecule has 2 aromatic carbocycles. The van der Waals surface area contributed by atoms with E-state index >= 15 is 0 Å². The molecule has 3 aromatic rings. The standard InChI is InChI=1S/C25H25F2N3O3/c1-15-21(23(31)32-16-9-3-2-4-10-16)22(17-11-5-8-14-20(17)33-24(26)27)30-19-13-7-6-12-18(19)29-25(30)28-15/h5-8,11-14,16,22,24H,2-4,9-10H2,1H3,(H,28,29)/t22-/m0/s1. The van der Waals surface area contributed by atoms with Crippen molar-refractivity contribution >= 4 is 23.0 Å². The number of rotatable bonds is 5. The highest BCUT2D eigenvalue weighted by molar-refractivity contribution is 5.94. The number of ether oxygens (including phenoxy) is 2. The van der Waals surface area contributed by atoms with Crippen molar-refractivity contribution in [3.8, 4) is 5.75 Å². The number of alkyl halides is 2. The van der Waals surface area contributed by atoms with E-state index in [-0.39, 0.29) is 11.9 Å². The molecule has 33 heavy (non-hydrogen) atoms. The Morgan fingerprint density at radius 1 is 1.09 bits per heavy atom. The zero-order valence-corrected chi connectivity index (χ0v) is 18.3. The van der Waals surface area contributed by atoms with Crippen LogP contribution in [0, 0.1) is 0 Å². The first-order valence-electron chi connectivity index (χ1n) is 11.2. The van der Waals surface area contributed by atoms with Crippen molar-refractivity contribution in [1.82, 2.24) is 9.55 Å². The number of halogens is 2. The highest BCUT2D eigenvalue weighted by Gasteiger charge is 2.37. The van der Waals surface area contributed by atoms with Crippen molar-refractivity contribution in [2.45, 2.75) is 57.8 Å². The fraction of sp³-hybridized carbons (Fsp3) is 0.360. The predicted octanol–water partition coefficient (Wildman–Crippen LogP) is 5.80. The summed E-state index contributed by atoms with van der Waals surface area (Å²) in [6, 6.07) is 13.3. The normalized spacial score (nSPS) is 18.8. The molecule has 1 atom stereocenters. The number of hydrogen-bond acceptors (Lipinski definition) is 5. The number of nitrogens with one attached hydrogen (secondary N) is 1. The number of carbonyl (C=O) groups excluding carboxylic acids is 1. The van der Waals surface area contributed by atoms with E-state index in [1.165, 1.54) is 6.07 Å². The molecule has 1 N–H and O–H groups in total. The summed E-state index contributed by atoms with van der Waals surface area (Å²) in [6.07, 6.45) is 4.72. The number of hydrogen-bond donors (Lipinski definition) is 1. The fourth-order valence-corrected chi connectivity index (χ4v) is 4.83. The first-order chi connectivity index (χ1) is 16.0. The number of allylic oxidation sites excluding steroid dienone is 1. The zero-order chi connectivity index (χ0) is 22.9. The summed E-state index contributed by atoms with van der Waals surface area (Å²) in [7, 11) is 0. The van der Waals surface area contributed by atoms with Gasteiger partial charge in [0.1, 0.15) is 11.9 Å². The summed E-state index contributed by atoms with van der Waals surface area (Å²) < 4.78 is 39.1. The Bertz CT molecular complexity index is 1210. The largest absolute Gasteiger partial charge is 0.459 e. The third-order valence-corrected chi connectivity index (χ3v) is 6.31. The average Bonchev–Trinajstić information content (AvgIpc) is 3.16. The van der Waals surface area contributed by atoms with Crippen molar-refractivity contribution in [1.29, 1.82) is 0 Å². The Kier molecular flexibility index (Phi) is 5.74. The Morgan fingerprint density at radius 3 is 2.61 bits per heavy atom. The highest BCUT2D eigenvalue weighted by Crippen LogP contribution is 2.43. The molecular weight excluding hydrogens is 428 g/mol. The van der Waals surface area contributed by atoms with E-state index in [2.05, 4.69) is 10.3 Å². The maximum absolute atomic E-state index is 13.5. The number of aromatic nitrogens is 2. The van der Waals surface area contributed by atoms with E-state index in [1.54, 1.807) is 25.1 Å². The molecule has 172 valence electrons. The third kappa shape index (κ3) is 4.05. The Morgan fingerprint density at radius 2 is 1.82 bits per heavy atom. The molecule has 2 aliphatic rings. The molecular formula is C25H25F2N3O3. The second kappa shape index (κ2) is 8.84. The van der Waals surface area contributed by atoms with E-state index in [0.29, 0.717) is 22.8 Å². The number of anilines is 1. The fourth-order valence-electron chi connectivity index (χ4n) is 4.83. The van der Waals surface area contributed by atoms with Crippen molar-refractivity contribution < 1.29 is 23.0 Å². The van der Waals surface area contributed by atoms with Gasteiger partial charge in [-0.3, -0.25) is 4.57 Å². The first kappa shape index (κ1) is 21.4. The summed E-state index contributed by atoms with van der Waals surface area (Å²) >= 11 is 0. The van der Waals surface area contributed by atoms with Gasteiger partial charge in [-0.05, 0) is 50.8 Å². The van der Waals surface area contributed by atoms with Gasteiger partial charge >= 0.3 is 12.6 Å². The molecule has 1 aliphatic heterocycles. The second-order valence-electron chi connectivity index (χ2n) is 8.44. The SMILES string of the molecule is CC1=C(C(=O)OC2CCCCC2)[C@H](c2ccccc2OC(F)F)n2c(nc3ccccc32)N1. The van der Waals surface area contributed by atoms with Gasteiger partial charge in [-0.2, -0.15) is 8.78 Å². The van der Waals surface area contributed by atoms with Gasteiger partial charge in [0.15, 0.2) is 0 Å². The van der Waals surface area contributed by atoms with Crippen LogP contribution < -0.4 is 10.1 Å². The van der Waals surface area contributed by atoms with Crippen LogP contribution >= 0.6 is 0 Å². The van der Waals surface area contributed by atoms with Gasteiger partial charge in [-0.25, -0.2) is 9.78 Å². The van der Waals surface area contributed by atoms with Crippen LogP contribution in [-0.2, 0) is 9.53 Å². The van der Waals surface area contributed by atoms with Gasteiger partial charge in [0.2, 0.25) is 5.95 Å². The monoisotopic (exact) mass is 453 g/mol.